The van der Waals surface area contributed by atoms with Gasteiger partial charge in [0.2, 0.25) is 5.91 Å². The minimum Gasteiger partial charge on any atom is -0.368 e. The summed E-state index contributed by atoms with van der Waals surface area (Å²) >= 11 is 0. The van der Waals surface area contributed by atoms with E-state index in [1.807, 2.05) is 42.5 Å². The van der Waals surface area contributed by atoms with Gasteiger partial charge in [-0.05, 0) is 60.4 Å². The average Bonchev–Trinajstić information content (AvgIpc) is 3.09. The summed E-state index contributed by atoms with van der Waals surface area (Å²) in [6.07, 6.45) is 0. The minimum absolute atomic E-state index is 0.211. The third kappa shape index (κ3) is 4.01. The van der Waals surface area contributed by atoms with E-state index in [0.717, 1.165) is 15.7 Å². The fourth-order valence-corrected chi connectivity index (χ4v) is 5.05. The van der Waals surface area contributed by atoms with Gasteiger partial charge in [-0.25, -0.2) is 4.79 Å². The molecule has 1 unspecified atom stereocenters. The van der Waals surface area contributed by atoms with E-state index in [4.69, 9.17) is 0 Å². The van der Waals surface area contributed by atoms with Gasteiger partial charge < -0.3 is 15.1 Å². The number of carbonyl (C=O) groups excluding carboxylic acids is 3. The number of rotatable bonds is 4. The minimum atomic E-state index is -1.21. The van der Waals surface area contributed by atoms with Crippen LogP contribution in [0.15, 0.2) is 60.7 Å². The van der Waals surface area contributed by atoms with Crippen LogP contribution >= 0.6 is 0 Å². The summed E-state index contributed by atoms with van der Waals surface area (Å²) in [7, 11) is 0. The summed E-state index contributed by atoms with van der Waals surface area (Å²) in [6, 6.07) is 19.3. The molecular weight excluding hydrogens is 440 g/mol. The topological polar surface area (TPSA) is 73.0 Å². The number of hydrogen-bond donors (Lipinski definition) is 1. The zero-order valence-electron chi connectivity index (χ0n) is 20.4. The summed E-state index contributed by atoms with van der Waals surface area (Å²) in [5.41, 5.74) is 3.18. The molecule has 2 fully saturated rings. The van der Waals surface area contributed by atoms with Crippen molar-refractivity contribution in [2.24, 2.45) is 0 Å². The third-order valence-corrected chi connectivity index (χ3v) is 7.44. The lowest BCUT2D eigenvalue weighted by molar-refractivity contribution is -0.139. The molecule has 7 heteroatoms. The van der Waals surface area contributed by atoms with Crippen LogP contribution < -0.4 is 10.2 Å². The highest BCUT2D eigenvalue weighted by atomic mass is 16.2. The summed E-state index contributed by atoms with van der Waals surface area (Å²) in [6.45, 7) is 8.20. The molecule has 3 aromatic rings. The maximum Gasteiger partial charge on any atom is 0.325 e. The Labute approximate surface area is 205 Å². The first kappa shape index (κ1) is 22.9. The van der Waals surface area contributed by atoms with E-state index >= 15 is 0 Å². The van der Waals surface area contributed by atoms with Crippen LogP contribution in [0.1, 0.15) is 23.6 Å². The number of amides is 4. The number of anilines is 1. The number of imide groups is 1. The van der Waals surface area contributed by atoms with Crippen LogP contribution in [0.2, 0.25) is 0 Å². The highest BCUT2D eigenvalue weighted by Crippen LogP contribution is 2.31. The quantitative estimate of drug-likeness (QED) is 0.592. The van der Waals surface area contributed by atoms with Gasteiger partial charge in [0.05, 0.1) is 0 Å². The van der Waals surface area contributed by atoms with E-state index in [1.165, 1.54) is 16.8 Å². The van der Waals surface area contributed by atoms with Gasteiger partial charge in [0.1, 0.15) is 12.1 Å². The molecule has 3 aromatic carbocycles. The number of nitrogens with one attached hydrogen (secondary N) is 1. The van der Waals surface area contributed by atoms with Gasteiger partial charge >= 0.3 is 6.03 Å². The Morgan fingerprint density at radius 1 is 0.914 bits per heavy atom. The van der Waals surface area contributed by atoms with Crippen LogP contribution in [0.25, 0.3) is 10.8 Å². The van der Waals surface area contributed by atoms with Crippen LogP contribution in [0.4, 0.5) is 10.5 Å². The van der Waals surface area contributed by atoms with Crippen LogP contribution in [0.5, 0.6) is 0 Å². The molecule has 0 spiro atoms. The monoisotopic (exact) mass is 470 g/mol. The number of nitrogens with zero attached hydrogens (tertiary/aromatic N) is 3. The first-order valence-electron chi connectivity index (χ1n) is 12.0. The van der Waals surface area contributed by atoms with Crippen molar-refractivity contribution in [1.29, 1.82) is 0 Å². The fraction of sp³-hybridized carbons (Fsp3) is 0.321. The lowest BCUT2D eigenvalue weighted by Crippen LogP contribution is -2.52. The highest BCUT2D eigenvalue weighted by molar-refractivity contribution is 6.09. The predicted molar refractivity (Wildman–Crippen MR) is 136 cm³/mol. The molecule has 0 radical (unpaired) electrons. The second kappa shape index (κ2) is 8.73. The van der Waals surface area contributed by atoms with Crippen molar-refractivity contribution in [3.63, 3.8) is 0 Å². The summed E-state index contributed by atoms with van der Waals surface area (Å²) < 4.78 is 0. The van der Waals surface area contributed by atoms with Gasteiger partial charge in [-0.2, -0.15) is 0 Å². The number of piperazine rings is 1. The predicted octanol–water partition coefficient (Wildman–Crippen LogP) is 3.57. The number of carbonyl (C=O) groups is 3. The second-order valence-electron chi connectivity index (χ2n) is 9.60. The molecule has 2 aliphatic rings. The normalized spacial score (nSPS) is 20.5. The van der Waals surface area contributed by atoms with E-state index in [1.54, 1.807) is 11.8 Å². The van der Waals surface area contributed by atoms with E-state index in [9.17, 15) is 14.4 Å². The van der Waals surface area contributed by atoms with Crippen molar-refractivity contribution in [2.75, 3.05) is 37.6 Å². The molecule has 0 aliphatic carbocycles. The zero-order valence-corrected chi connectivity index (χ0v) is 20.4. The van der Waals surface area contributed by atoms with Crippen LogP contribution in [-0.2, 0) is 15.1 Å². The first-order chi connectivity index (χ1) is 16.8. The number of hydrogen-bond acceptors (Lipinski definition) is 4. The van der Waals surface area contributed by atoms with Gasteiger partial charge in [-0.3, -0.25) is 14.5 Å². The van der Waals surface area contributed by atoms with Gasteiger partial charge in [0.15, 0.2) is 0 Å². The van der Waals surface area contributed by atoms with Gasteiger partial charge in [0.25, 0.3) is 5.91 Å². The molecule has 2 aliphatic heterocycles. The number of fused-ring (bicyclic) bond motifs is 1. The summed E-state index contributed by atoms with van der Waals surface area (Å²) in [5, 5.41) is 4.87. The Balaban J connectivity index is 1.26. The summed E-state index contributed by atoms with van der Waals surface area (Å²) in [5.74, 6) is -0.614. The average molecular weight is 471 g/mol. The lowest BCUT2D eigenvalue weighted by Gasteiger charge is -2.37. The molecule has 2 heterocycles. The molecule has 0 aromatic heterocycles. The van der Waals surface area contributed by atoms with Gasteiger partial charge in [0, 0.05) is 31.9 Å². The molecule has 35 heavy (non-hydrogen) atoms. The smallest absolute Gasteiger partial charge is 0.325 e. The Morgan fingerprint density at radius 2 is 1.63 bits per heavy atom. The van der Waals surface area contributed by atoms with Gasteiger partial charge in [-0.1, -0.05) is 48.5 Å². The van der Waals surface area contributed by atoms with Crippen molar-refractivity contribution in [3.8, 4) is 0 Å². The Bertz CT molecular complexity index is 1330. The Morgan fingerprint density at radius 3 is 2.37 bits per heavy atom. The molecule has 1 atom stereocenters. The van der Waals surface area contributed by atoms with Crippen LogP contribution in [0.3, 0.4) is 0 Å². The molecule has 180 valence electrons. The molecule has 2 saturated heterocycles. The maximum atomic E-state index is 13.4. The molecule has 5 rings (SSSR count). The van der Waals surface area contributed by atoms with Gasteiger partial charge in [-0.15, -0.1) is 0 Å². The van der Waals surface area contributed by atoms with Crippen molar-refractivity contribution < 1.29 is 14.4 Å². The number of benzene rings is 3. The van der Waals surface area contributed by atoms with Crippen molar-refractivity contribution in [2.45, 2.75) is 26.3 Å². The number of aryl methyl sites for hydroxylation is 1. The largest absolute Gasteiger partial charge is 0.368 e. The van der Waals surface area contributed by atoms with E-state index < -0.39 is 17.5 Å². The first-order valence-corrected chi connectivity index (χ1v) is 12.0. The number of urea groups is 1. The van der Waals surface area contributed by atoms with Crippen molar-refractivity contribution in [3.05, 3.63) is 77.4 Å². The maximum absolute atomic E-state index is 13.4. The molecule has 0 saturated carbocycles. The van der Waals surface area contributed by atoms with E-state index in [0.29, 0.717) is 31.7 Å². The van der Waals surface area contributed by atoms with E-state index in [-0.39, 0.29) is 12.5 Å². The standard InChI is InChI=1S/C28H30N4O3/c1-19-7-6-10-24(20(19)2)30-13-15-31(16-14-30)25(33)18-32-26(34)28(3,29-27(32)35)23-12-11-21-8-4-5-9-22(21)17-23/h4-12,17H,13-16,18H2,1-3H3,(H,29,35). The SMILES string of the molecule is Cc1cccc(N2CCN(C(=O)CN3C(=O)NC(C)(c4ccc5ccccc5c4)C3=O)CC2)c1C. The second-order valence-corrected chi connectivity index (χ2v) is 9.60. The van der Waals surface area contributed by atoms with Crippen molar-refractivity contribution in [1.82, 2.24) is 15.1 Å². The molecule has 4 amide bonds. The fourth-order valence-electron chi connectivity index (χ4n) is 5.05. The molecule has 0 bridgehead atoms. The lowest BCUT2D eigenvalue weighted by atomic mass is 9.90. The van der Waals surface area contributed by atoms with Crippen LogP contribution in [0, 0.1) is 13.8 Å². The zero-order chi connectivity index (χ0) is 24.7. The van der Waals surface area contributed by atoms with E-state index in [2.05, 4.69) is 42.3 Å². The Kier molecular flexibility index (Phi) is 5.71. The molecular formula is C28H30N4O3. The van der Waals surface area contributed by atoms with Crippen molar-refractivity contribution >= 4 is 34.3 Å². The Hall–Kier alpha value is -3.87. The summed E-state index contributed by atoms with van der Waals surface area (Å²) in [4.78, 5) is 44.3. The molecule has 1 N–H and O–H groups in total. The highest BCUT2D eigenvalue weighted by Gasteiger charge is 2.49. The molecule has 7 nitrogen and oxygen atoms in total. The van der Waals surface area contributed by atoms with Crippen LogP contribution in [-0.4, -0.2) is 60.4 Å². The third-order valence-electron chi connectivity index (χ3n) is 7.44.